The third-order valence-corrected chi connectivity index (χ3v) is 2.30. The Morgan fingerprint density at radius 1 is 1.43 bits per heavy atom. The van der Waals surface area contributed by atoms with Gasteiger partial charge in [-0.2, -0.15) is 18.3 Å². The van der Waals surface area contributed by atoms with Gasteiger partial charge in [-0.3, -0.25) is 4.68 Å². The number of nitrogens with one attached hydrogen (secondary N) is 2. The van der Waals surface area contributed by atoms with E-state index >= 15 is 0 Å². The van der Waals surface area contributed by atoms with E-state index in [1.54, 1.807) is 6.92 Å². The highest BCUT2D eigenvalue weighted by atomic mass is 19.4. The predicted molar refractivity (Wildman–Crippen MR) is 65.4 cm³/mol. The standard InChI is InChI=1S/C11H12F3N5O2/c1-7-2-15-9(21-7)4-16-10(20)18-8-3-17-19(5-8)6-11(12,13)14/h2-3,5H,4,6H2,1H3,(H2,16,18,20). The lowest BCUT2D eigenvalue weighted by Crippen LogP contribution is -2.28. The lowest BCUT2D eigenvalue weighted by molar-refractivity contribution is -0.142. The molecule has 0 unspecified atom stereocenters. The van der Waals surface area contributed by atoms with E-state index in [0.717, 1.165) is 12.4 Å². The van der Waals surface area contributed by atoms with Crippen LogP contribution >= 0.6 is 0 Å². The molecule has 7 nitrogen and oxygen atoms in total. The van der Waals surface area contributed by atoms with Gasteiger partial charge in [0.15, 0.2) is 0 Å². The highest BCUT2D eigenvalue weighted by Crippen LogP contribution is 2.18. The fourth-order valence-corrected chi connectivity index (χ4v) is 1.51. The summed E-state index contributed by atoms with van der Waals surface area (Å²) in [5, 5.41) is 8.31. The van der Waals surface area contributed by atoms with E-state index in [4.69, 9.17) is 4.42 Å². The van der Waals surface area contributed by atoms with E-state index in [1.165, 1.54) is 6.20 Å². The van der Waals surface area contributed by atoms with E-state index in [0.29, 0.717) is 16.3 Å². The van der Waals surface area contributed by atoms with Crippen molar-refractivity contribution in [1.29, 1.82) is 0 Å². The lowest BCUT2D eigenvalue weighted by Gasteiger charge is -2.05. The van der Waals surface area contributed by atoms with Crippen molar-refractivity contribution >= 4 is 11.7 Å². The Bertz CT molecular complexity index is 619. The number of aryl methyl sites for hydroxylation is 1. The van der Waals surface area contributed by atoms with Crippen molar-refractivity contribution < 1.29 is 22.4 Å². The number of aromatic nitrogens is 3. The smallest absolute Gasteiger partial charge is 0.408 e. The second kappa shape index (κ2) is 5.85. The van der Waals surface area contributed by atoms with Gasteiger partial charge in [0, 0.05) is 6.20 Å². The number of carbonyl (C=O) groups excluding carboxylic acids is 1. The highest BCUT2D eigenvalue weighted by molar-refractivity contribution is 5.88. The summed E-state index contributed by atoms with van der Waals surface area (Å²) in [5.74, 6) is 0.941. The first-order valence-electron chi connectivity index (χ1n) is 5.87. The second-order valence-corrected chi connectivity index (χ2v) is 4.21. The molecule has 0 spiro atoms. The number of urea groups is 1. The zero-order valence-corrected chi connectivity index (χ0v) is 10.9. The zero-order chi connectivity index (χ0) is 15.5. The fourth-order valence-electron chi connectivity index (χ4n) is 1.51. The summed E-state index contributed by atoms with van der Waals surface area (Å²) in [5.41, 5.74) is 0.153. The first-order valence-corrected chi connectivity index (χ1v) is 5.87. The van der Waals surface area contributed by atoms with Gasteiger partial charge in [-0.15, -0.1) is 0 Å². The highest BCUT2D eigenvalue weighted by Gasteiger charge is 2.28. The number of amides is 2. The van der Waals surface area contributed by atoms with Crippen LogP contribution in [0.15, 0.2) is 23.0 Å². The Hall–Kier alpha value is -2.52. The van der Waals surface area contributed by atoms with Crippen LogP contribution in [0.2, 0.25) is 0 Å². The Kier molecular flexibility index (Phi) is 4.15. The molecule has 10 heteroatoms. The van der Waals surface area contributed by atoms with E-state index in [9.17, 15) is 18.0 Å². The number of oxazole rings is 1. The van der Waals surface area contributed by atoms with Crippen LogP contribution in [-0.2, 0) is 13.1 Å². The van der Waals surface area contributed by atoms with Gasteiger partial charge in [-0.05, 0) is 6.92 Å². The molecule has 0 saturated carbocycles. The number of halogens is 3. The summed E-state index contributed by atoms with van der Waals surface area (Å²) in [7, 11) is 0. The van der Waals surface area contributed by atoms with Gasteiger partial charge in [0.25, 0.3) is 0 Å². The van der Waals surface area contributed by atoms with Gasteiger partial charge in [-0.25, -0.2) is 9.78 Å². The molecule has 0 radical (unpaired) electrons. The topological polar surface area (TPSA) is 85.0 Å². The molecule has 0 fully saturated rings. The van der Waals surface area contributed by atoms with Crippen LogP contribution < -0.4 is 10.6 Å². The van der Waals surface area contributed by atoms with Crippen molar-refractivity contribution in [2.24, 2.45) is 0 Å². The maximum Gasteiger partial charge on any atom is 0.408 e. The molecule has 0 bridgehead atoms. The molecule has 2 amide bonds. The molecular weight excluding hydrogens is 291 g/mol. The van der Waals surface area contributed by atoms with E-state index in [1.807, 2.05) is 0 Å². The number of alkyl halides is 3. The Morgan fingerprint density at radius 2 is 2.19 bits per heavy atom. The summed E-state index contributed by atoms with van der Waals surface area (Å²) in [4.78, 5) is 15.4. The van der Waals surface area contributed by atoms with Crippen molar-refractivity contribution in [3.63, 3.8) is 0 Å². The predicted octanol–water partition coefficient (Wildman–Crippen LogP) is 2.06. The third-order valence-electron chi connectivity index (χ3n) is 2.30. The number of hydrogen-bond acceptors (Lipinski definition) is 4. The number of hydrogen-bond donors (Lipinski definition) is 2. The molecule has 0 aliphatic rings. The molecule has 21 heavy (non-hydrogen) atoms. The van der Waals surface area contributed by atoms with Gasteiger partial charge in [-0.1, -0.05) is 0 Å². The van der Waals surface area contributed by atoms with Crippen molar-refractivity contribution in [1.82, 2.24) is 20.1 Å². The normalized spacial score (nSPS) is 11.4. The molecule has 2 aromatic heterocycles. The average Bonchev–Trinajstić information content (AvgIpc) is 2.94. The Balaban J connectivity index is 1.82. The van der Waals surface area contributed by atoms with Crippen LogP contribution in [0.25, 0.3) is 0 Å². The lowest BCUT2D eigenvalue weighted by atomic mass is 10.5. The largest absolute Gasteiger partial charge is 0.444 e. The van der Waals surface area contributed by atoms with Gasteiger partial charge in [0.05, 0.1) is 24.6 Å². The quantitative estimate of drug-likeness (QED) is 0.905. The van der Waals surface area contributed by atoms with Gasteiger partial charge >= 0.3 is 12.2 Å². The monoisotopic (exact) mass is 303 g/mol. The summed E-state index contributed by atoms with van der Waals surface area (Å²) in [6, 6.07) is -0.600. The van der Waals surface area contributed by atoms with Gasteiger partial charge in [0.2, 0.25) is 5.89 Å². The SMILES string of the molecule is Cc1cnc(CNC(=O)Nc2cnn(CC(F)(F)F)c2)o1. The summed E-state index contributed by atoms with van der Waals surface area (Å²) >= 11 is 0. The number of carbonyl (C=O) groups is 1. The average molecular weight is 303 g/mol. The summed E-state index contributed by atoms with van der Waals surface area (Å²) in [6.45, 7) is 0.563. The van der Waals surface area contributed by atoms with Crippen molar-refractivity contribution in [3.8, 4) is 0 Å². The molecular formula is C11H12F3N5O2. The van der Waals surface area contributed by atoms with Crippen LogP contribution in [-0.4, -0.2) is 27.0 Å². The van der Waals surface area contributed by atoms with Crippen LogP contribution in [0.4, 0.5) is 23.7 Å². The molecule has 2 heterocycles. The molecule has 114 valence electrons. The first-order chi connectivity index (χ1) is 9.82. The summed E-state index contributed by atoms with van der Waals surface area (Å²) < 4.78 is 42.3. The molecule has 0 saturated heterocycles. The van der Waals surface area contributed by atoms with Crippen molar-refractivity contribution in [3.05, 3.63) is 30.2 Å². The minimum atomic E-state index is -4.37. The van der Waals surface area contributed by atoms with E-state index < -0.39 is 18.8 Å². The van der Waals surface area contributed by atoms with Gasteiger partial charge in [0.1, 0.15) is 12.3 Å². The zero-order valence-electron chi connectivity index (χ0n) is 10.9. The third kappa shape index (κ3) is 4.82. The van der Waals surface area contributed by atoms with Crippen LogP contribution in [0.3, 0.4) is 0 Å². The Morgan fingerprint density at radius 3 is 2.81 bits per heavy atom. The summed E-state index contributed by atoms with van der Waals surface area (Å²) in [6.07, 6.45) is -0.645. The number of rotatable bonds is 4. The number of anilines is 1. The minimum Gasteiger partial charge on any atom is -0.444 e. The van der Waals surface area contributed by atoms with Crippen LogP contribution in [0, 0.1) is 6.92 Å². The molecule has 0 atom stereocenters. The molecule has 2 rings (SSSR count). The molecule has 0 aliphatic carbocycles. The second-order valence-electron chi connectivity index (χ2n) is 4.21. The molecule has 2 N–H and O–H groups in total. The Labute approximate surface area is 117 Å². The first kappa shape index (κ1) is 14.9. The van der Waals surface area contributed by atoms with Crippen molar-refractivity contribution in [2.45, 2.75) is 26.2 Å². The maximum atomic E-state index is 12.1. The molecule has 0 aromatic carbocycles. The van der Waals surface area contributed by atoms with Crippen LogP contribution in [0.1, 0.15) is 11.7 Å². The van der Waals surface area contributed by atoms with E-state index in [2.05, 4.69) is 20.7 Å². The van der Waals surface area contributed by atoms with Crippen molar-refractivity contribution in [2.75, 3.05) is 5.32 Å². The van der Waals surface area contributed by atoms with Crippen LogP contribution in [0.5, 0.6) is 0 Å². The van der Waals surface area contributed by atoms with E-state index in [-0.39, 0.29) is 12.2 Å². The fraction of sp³-hybridized carbons (Fsp3) is 0.364. The minimum absolute atomic E-state index is 0.0658. The molecule has 2 aromatic rings. The molecule has 0 aliphatic heterocycles. The van der Waals surface area contributed by atoms with Gasteiger partial charge < -0.3 is 15.1 Å². The maximum absolute atomic E-state index is 12.1. The number of nitrogens with zero attached hydrogens (tertiary/aromatic N) is 3.